The van der Waals surface area contributed by atoms with Gasteiger partial charge in [-0.3, -0.25) is 19.8 Å². The first-order valence-electron chi connectivity index (χ1n) is 7.55. The molecule has 0 heterocycles. The number of nitrogens with zero attached hydrogens (tertiary/aromatic N) is 2. The minimum atomic E-state index is -0.556. The van der Waals surface area contributed by atoms with Crippen molar-refractivity contribution in [1.82, 2.24) is 4.90 Å². The Hall–Kier alpha value is -2.71. The molecule has 9 heteroatoms. The number of anilines is 1. The number of hydrogen-bond donors (Lipinski definition) is 1. The van der Waals surface area contributed by atoms with E-state index >= 15 is 0 Å². The van der Waals surface area contributed by atoms with E-state index in [0.717, 1.165) is 0 Å². The number of carbonyl (C=O) groups is 1. The Balaban J connectivity index is 2.03. The first kappa shape index (κ1) is 19.6. The van der Waals surface area contributed by atoms with Gasteiger partial charge in [0.2, 0.25) is 5.91 Å². The van der Waals surface area contributed by atoms with Gasteiger partial charge in [-0.2, -0.15) is 0 Å². The Labute approximate surface area is 154 Å². The van der Waals surface area contributed by atoms with Crippen molar-refractivity contribution >= 4 is 28.9 Å². The van der Waals surface area contributed by atoms with E-state index in [1.54, 1.807) is 18.0 Å². The van der Waals surface area contributed by atoms with E-state index < -0.39 is 10.7 Å². The molecule has 0 aromatic heterocycles. The molecule has 26 heavy (non-hydrogen) atoms. The molecule has 0 aliphatic heterocycles. The molecule has 0 atom stereocenters. The topological polar surface area (TPSA) is 84.7 Å². The maximum atomic E-state index is 13.8. The standard InChI is InChI=1S/C17H17ClFN3O4/c1-21(9-12-13(18)4-3-5-14(12)19)10-17(23)20-15-7-6-11(22(24)25)8-16(15)26-2/h3-8H,9-10H2,1-2H3,(H,20,23). The lowest BCUT2D eigenvalue weighted by atomic mass is 10.2. The second kappa shape index (κ2) is 8.59. The fraction of sp³-hybridized carbons (Fsp3) is 0.235. The molecule has 0 saturated carbocycles. The molecule has 0 unspecified atom stereocenters. The summed E-state index contributed by atoms with van der Waals surface area (Å²) in [5.74, 6) is -0.652. The number of nitro benzene ring substituents is 1. The number of rotatable bonds is 7. The second-order valence-electron chi connectivity index (χ2n) is 5.56. The third-order valence-electron chi connectivity index (χ3n) is 3.57. The zero-order valence-electron chi connectivity index (χ0n) is 14.2. The molecular weight excluding hydrogens is 365 g/mol. The fourth-order valence-electron chi connectivity index (χ4n) is 2.34. The summed E-state index contributed by atoms with van der Waals surface area (Å²) in [5, 5.41) is 13.7. The summed E-state index contributed by atoms with van der Waals surface area (Å²) in [6, 6.07) is 8.27. The van der Waals surface area contributed by atoms with E-state index in [0.29, 0.717) is 11.3 Å². The van der Waals surface area contributed by atoms with Gasteiger partial charge in [0.25, 0.3) is 5.69 Å². The van der Waals surface area contributed by atoms with Crippen LogP contribution >= 0.6 is 11.6 Å². The normalized spacial score (nSPS) is 10.7. The van der Waals surface area contributed by atoms with E-state index in [2.05, 4.69) is 5.32 Å². The van der Waals surface area contributed by atoms with Crippen LogP contribution in [0.15, 0.2) is 36.4 Å². The van der Waals surface area contributed by atoms with E-state index in [1.807, 2.05) is 0 Å². The smallest absolute Gasteiger partial charge is 0.273 e. The summed E-state index contributed by atoms with van der Waals surface area (Å²) in [7, 11) is 3.00. The van der Waals surface area contributed by atoms with Crippen LogP contribution < -0.4 is 10.1 Å². The molecular formula is C17H17ClFN3O4. The van der Waals surface area contributed by atoms with Crippen molar-refractivity contribution in [3.63, 3.8) is 0 Å². The number of benzene rings is 2. The van der Waals surface area contributed by atoms with Crippen LogP contribution in [0.4, 0.5) is 15.8 Å². The van der Waals surface area contributed by atoms with E-state index in [-0.39, 0.29) is 35.5 Å². The number of methoxy groups -OCH3 is 1. The van der Waals surface area contributed by atoms with Gasteiger partial charge in [0, 0.05) is 23.2 Å². The van der Waals surface area contributed by atoms with Crippen LogP contribution in [0.2, 0.25) is 5.02 Å². The fourth-order valence-corrected chi connectivity index (χ4v) is 2.56. The van der Waals surface area contributed by atoms with E-state index in [4.69, 9.17) is 16.3 Å². The Morgan fingerprint density at radius 3 is 2.73 bits per heavy atom. The number of likely N-dealkylation sites (N-methyl/N-ethyl adjacent to an activating group) is 1. The van der Waals surface area contributed by atoms with Gasteiger partial charge < -0.3 is 10.1 Å². The van der Waals surface area contributed by atoms with E-state index in [9.17, 15) is 19.3 Å². The highest BCUT2D eigenvalue weighted by Crippen LogP contribution is 2.29. The van der Waals surface area contributed by atoms with Crippen LogP contribution in [0, 0.1) is 15.9 Å². The van der Waals surface area contributed by atoms with Gasteiger partial charge in [0.05, 0.1) is 30.3 Å². The first-order valence-corrected chi connectivity index (χ1v) is 7.93. The van der Waals surface area contributed by atoms with Crippen LogP contribution in [0.1, 0.15) is 5.56 Å². The number of amides is 1. The molecule has 2 aromatic carbocycles. The number of ether oxygens (including phenoxy) is 1. The first-order chi connectivity index (χ1) is 12.3. The predicted molar refractivity (Wildman–Crippen MR) is 96.0 cm³/mol. The Bertz CT molecular complexity index is 811. The quantitative estimate of drug-likeness (QED) is 0.586. The average Bonchev–Trinajstić information content (AvgIpc) is 2.58. The van der Waals surface area contributed by atoms with Crippen LogP contribution in [-0.2, 0) is 11.3 Å². The molecule has 0 radical (unpaired) electrons. The Morgan fingerprint density at radius 2 is 2.12 bits per heavy atom. The number of nitro groups is 1. The molecule has 0 aliphatic rings. The minimum absolute atomic E-state index is 0.0369. The number of hydrogen-bond acceptors (Lipinski definition) is 5. The maximum Gasteiger partial charge on any atom is 0.273 e. The van der Waals surface area contributed by atoms with E-state index in [1.165, 1.54) is 37.4 Å². The molecule has 1 N–H and O–H groups in total. The molecule has 1 amide bonds. The summed E-state index contributed by atoms with van der Waals surface area (Å²) in [4.78, 5) is 24.0. The van der Waals surface area contributed by atoms with Gasteiger partial charge in [-0.05, 0) is 25.2 Å². The second-order valence-corrected chi connectivity index (χ2v) is 5.97. The summed E-state index contributed by atoms with van der Waals surface area (Å²) in [6.45, 7) is 0.112. The summed E-state index contributed by atoms with van der Waals surface area (Å²) in [6.07, 6.45) is 0. The zero-order chi connectivity index (χ0) is 19.3. The molecule has 0 spiro atoms. The summed E-state index contributed by atoms with van der Waals surface area (Å²) >= 11 is 5.98. The van der Waals surface area contributed by atoms with Gasteiger partial charge in [-0.15, -0.1) is 0 Å². The molecule has 7 nitrogen and oxygen atoms in total. The molecule has 0 aliphatic carbocycles. The molecule has 0 saturated heterocycles. The molecule has 2 aromatic rings. The van der Waals surface area contributed by atoms with Gasteiger partial charge >= 0.3 is 0 Å². The lowest BCUT2D eigenvalue weighted by Crippen LogP contribution is -2.30. The SMILES string of the molecule is COc1cc([N+](=O)[O-])ccc1NC(=O)CN(C)Cc1c(F)cccc1Cl. The minimum Gasteiger partial charge on any atom is -0.494 e. The van der Waals surface area contributed by atoms with Crippen LogP contribution in [-0.4, -0.2) is 36.4 Å². The number of nitrogens with one attached hydrogen (secondary N) is 1. The third kappa shape index (κ3) is 4.90. The highest BCUT2D eigenvalue weighted by Gasteiger charge is 2.16. The van der Waals surface area contributed by atoms with Crippen LogP contribution in [0.5, 0.6) is 5.75 Å². The van der Waals surface area contributed by atoms with Crippen molar-refractivity contribution < 1.29 is 18.8 Å². The van der Waals surface area contributed by atoms with Crippen molar-refractivity contribution in [2.45, 2.75) is 6.54 Å². The molecule has 0 fully saturated rings. The molecule has 138 valence electrons. The van der Waals surface area contributed by atoms with Crippen molar-refractivity contribution in [1.29, 1.82) is 0 Å². The number of non-ortho nitro benzene ring substituents is 1. The third-order valence-corrected chi connectivity index (χ3v) is 3.93. The highest BCUT2D eigenvalue weighted by atomic mass is 35.5. The monoisotopic (exact) mass is 381 g/mol. The Morgan fingerprint density at radius 1 is 1.38 bits per heavy atom. The van der Waals surface area contributed by atoms with Gasteiger partial charge in [-0.1, -0.05) is 17.7 Å². The van der Waals surface area contributed by atoms with Crippen molar-refractivity contribution in [2.75, 3.05) is 26.0 Å². The number of halogens is 2. The number of carbonyl (C=O) groups excluding carboxylic acids is 1. The largest absolute Gasteiger partial charge is 0.494 e. The highest BCUT2D eigenvalue weighted by molar-refractivity contribution is 6.31. The lowest BCUT2D eigenvalue weighted by Gasteiger charge is -2.18. The van der Waals surface area contributed by atoms with Crippen LogP contribution in [0.3, 0.4) is 0 Å². The van der Waals surface area contributed by atoms with Crippen molar-refractivity contribution in [2.24, 2.45) is 0 Å². The Kier molecular flexibility index (Phi) is 6.48. The van der Waals surface area contributed by atoms with Crippen molar-refractivity contribution in [3.8, 4) is 5.75 Å². The van der Waals surface area contributed by atoms with Crippen molar-refractivity contribution in [3.05, 3.63) is 62.9 Å². The lowest BCUT2D eigenvalue weighted by molar-refractivity contribution is -0.384. The summed E-state index contributed by atoms with van der Waals surface area (Å²) < 4.78 is 18.9. The molecule has 0 bridgehead atoms. The van der Waals surface area contributed by atoms with Gasteiger partial charge in [0.1, 0.15) is 11.6 Å². The predicted octanol–water partition coefficient (Wildman–Crippen LogP) is 3.47. The van der Waals surface area contributed by atoms with Gasteiger partial charge in [-0.25, -0.2) is 4.39 Å². The average molecular weight is 382 g/mol. The van der Waals surface area contributed by atoms with Crippen LogP contribution in [0.25, 0.3) is 0 Å². The summed E-state index contributed by atoms with van der Waals surface area (Å²) in [5.41, 5.74) is 0.462. The maximum absolute atomic E-state index is 13.8. The van der Waals surface area contributed by atoms with Gasteiger partial charge in [0.15, 0.2) is 0 Å². The molecule has 2 rings (SSSR count). The zero-order valence-corrected chi connectivity index (χ0v) is 14.9.